The molecule has 1 N–H and O–H groups in total. The van der Waals surface area contributed by atoms with Gasteiger partial charge in [0, 0.05) is 16.6 Å². The zero-order valence-electron chi connectivity index (χ0n) is 13.9. The van der Waals surface area contributed by atoms with E-state index < -0.39 is 0 Å². The fraction of sp³-hybridized carbons (Fsp3) is 0.368. The highest BCUT2D eigenvalue weighted by Gasteiger charge is 2.24. The van der Waals surface area contributed by atoms with Gasteiger partial charge in [-0.05, 0) is 67.3 Å². The third kappa shape index (κ3) is 3.64. The van der Waals surface area contributed by atoms with Crippen molar-refractivity contribution in [3.05, 3.63) is 57.1 Å². The van der Waals surface area contributed by atoms with Gasteiger partial charge >= 0.3 is 0 Å². The lowest BCUT2D eigenvalue weighted by atomic mass is 9.89. The van der Waals surface area contributed by atoms with Crippen LogP contribution < -0.4 is 14.8 Å². The van der Waals surface area contributed by atoms with Crippen molar-refractivity contribution in [1.29, 1.82) is 0 Å². The Kier molecular flexibility index (Phi) is 5.54. The van der Waals surface area contributed by atoms with Gasteiger partial charge in [-0.3, -0.25) is 0 Å². The standard InChI is InChI=1S/C19H21Cl2NO2/c1-3-23-17-9-12-5-6-22-19(16(12)11-18(17)24-4-2)13-7-14(20)10-15(21)8-13/h7-11,19,22H,3-6H2,1-2H3. The Hall–Kier alpha value is -1.42. The van der Waals surface area contributed by atoms with Crippen molar-refractivity contribution in [2.24, 2.45) is 0 Å². The van der Waals surface area contributed by atoms with Crippen LogP contribution in [0.25, 0.3) is 0 Å². The molecule has 0 saturated heterocycles. The van der Waals surface area contributed by atoms with Crippen molar-refractivity contribution in [3.8, 4) is 11.5 Å². The van der Waals surface area contributed by atoms with Gasteiger partial charge in [-0.1, -0.05) is 23.2 Å². The quantitative estimate of drug-likeness (QED) is 0.806. The predicted molar refractivity (Wildman–Crippen MR) is 98.8 cm³/mol. The molecule has 0 radical (unpaired) electrons. The molecule has 5 heteroatoms. The summed E-state index contributed by atoms with van der Waals surface area (Å²) < 4.78 is 11.5. The van der Waals surface area contributed by atoms with Crippen molar-refractivity contribution in [2.75, 3.05) is 19.8 Å². The minimum atomic E-state index is 0.0415. The maximum atomic E-state index is 6.19. The number of ether oxygens (including phenoxy) is 2. The average Bonchev–Trinajstić information content (AvgIpc) is 2.54. The first kappa shape index (κ1) is 17.4. The summed E-state index contributed by atoms with van der Waals surface area (Å²) >= 11 is 12.4. The molecule has 1 heterocycles. The van der Waals surface area contributed by atoms with Crippen molar-refractivity contribution >= 4 is 23.2 Å². The Labute approximate surface area is 152 Å². The van der Waals surface area contributed by atoms with Crippen LogP contribution in [0.1, 0.15) is 36.6 Å². The van der Waals surface area contributed by atoms with Crippen molar-refractivity contribution in [1.82, 2.24) is 5.32 Å². The van der Waals surface area contributed by atoms with Crippen LogP contribution >= 0.6 is 23.2 Å². The fourth-order valence-electron chi connectivity index (χ4n) is 3.14. The maximum Gasteiger partial charge on any atom is 0.161 e. The van der Waals surface area contributed by atoms with E-state index >= 15 is 0 Å². The molecule has 0 bridgehead atoms. The largest absolute Gasteiger partial charge is 0.490 e. The molecule has 24 heavy (non-hydrogen) atoms. The number of halogens is 2. The molecule has 0 saturated carbocycles. The molecule has 1 aliphatic rings. The molecule has 3 rings (SSSR count). The number of benzene rings is 2. The lowest BCUT2D eigenvalue weighted by Crippen LogP contribution is -2.30. The second kappa shape index (κ2) is 7.64. The first-order valence-corrected chi connectivity index (χ1v) is 8.99. The Morgan fingerprint density at radius 1 is 0.958 bits per heavy atom. The summed E-state index contributed by atoms with van der Waals surface area (Å²) in [6.45, 7) is 6.06. The van der Waals surface area contributed by atoms with Gasteiger partial charge in [-0.25, -0.2) is 0 Å². The van der Waals surface area contributed by atoms with E-state index in [9.17, 15) is 0 Å². The normalized spacial score (nSPS) is 16.6. The minimum absolute atomic E-state index is 0.0415. The van der Waals surface area contributed by atoms with Crippen LogP contribution in [0, 0.1) is 0 Å². The van der Waals surface area contributed by atoms with Gasteiger partial charge < -0.3 is 14.8 Å². The van der Waals surface area contributed by atoms with Crippen molar-refractivity contribution < 1.29 is 9.47 Å². The molecule has 0 aromatic heterocycles. The van der Waals surface area contributed by atoms with E-state index in [0.717, 1.165) is 30.0 Å². The van der Waals surface area contributed by atoms with E-state index in [1.807, 2.05) is 26.0 Å². The van der Waals surface area contributed by atoms with Crippen LogP contribution in [0.4, 0.5) is 0 Å². The molecule has 1 atom stereocenters. The predicted octanol–water partition coefficient (Wildman–Crippen LogP) is 5.03. The van der Waals surface area contributed by atoms with E-state index in [2.05, 4.69) is 17.4 Å². The molecule has 1 unspecified atom stereocenters. The van der Waals surface area contributed by atoms with Gasteiger partial charge in [0.2, 0.25) is 0 Å². The smallest absolute Gasteiger partial charge is 0.161 e. The molecule has 2 aromatic rings. The van der Waals surface area contributed by atoms with Gasteiger partial charge in [0.1, 0.15) is 0 Å². The highest BCUT2D eigenvalue weighted by Crippen LogP contribution is 2.38. The summed E-state index contributed by atoms with van der Waals surface area (Å²) in [7, 11) is 0. The van der Waals surface area contributed by atoms with Gasteiger partial charge in [-0.2, -0.15) is 0 Å². The van der Waals surface area contributed by atoms with E-state index in [-0.39, 0.29) is 6.04 Å². The van der Waals surface area contributed by atoms with E-state index in [1.54, 1.807) is 6.07 Å². The molecule has 0 aliphatic carbocycles. The summed E-state index contributed by atoms with van der Waals surface area (Å²) in [5.74, 6) is 1.59. The topological polar surface area (TPSA) is 30.5 Å². The van der Waals surface area contributed by atoms with Gasteiger partial charge in [-0.15, -0.1) is 0 Å². The molecule has 2 aromatic carbocycles. The summed E-state index contributed by atoms with van der Waals surface area (Å²) in [5.41, 5.74) is 3.51. The van der Waals surface area contributed by atoms with Gasteiger partial charge in [0.25, 0.3) is 0 Å². The van der Waals surface area contributed by atoms with Crippen LogP contribution in [0.5, 0.6) is 11.5 Å². The highest BCUT2D eigenvalue weighted by molar-refractivity contribution is 6.34. The van der Waals surface area contributed by atoms with Crippen molar-refractivity contribution in [2.45, 2.75) is 26.3 Å². The third-order valence-electron chi connectivity index (χ3n) is 4.08. The number of rotatable bonds is 5. The number of hydrogen-bond donors (Lipinski definition) is 1. The second-order valence-corrected chi connectivity index (χ2v) is 6.58. The SMILES string of the molecule is CCOc1cc2c(cc1OCC)C(c1cc(Cl)cc(Cl)c1)NCC2. The Balaban J connectivity index is 2.07. The molecule has 3 nitrogen and oxygen atoms in total. The third-order valence-corrected chi connectivity index (χ3v) is 4.51. The van der Waals surface area contributed by atoms with E-state index in [0.29, 0.717) is 23.3 Å². The van der Waals surface area contributed by atoms with Crippen molar-refractivity contribution in [3.63, 3.8) is 0 Å². The molecule has 0 amide bonds. The monoisotopic (exact) mass is 365 g/mol. The number of hydrogen-bond acceptors (Lipinski definition) is 3. The van der Waals surface area contributed by atoms with Crippen LogP contribution in [0.2, 0.25) is 10.0 Å². The van der Waals surface area contributed by atoms with Gasteiger partial charge in [0.15, 0.2) is 11.5 Å². The minimum Gasteiger partial charge on any atom is -0.490 e. The van der Waals surface area contributed by atoms with Crippen LogP contribution in [-0.2, 0) is 6.42 Å². The molecule has 1 aliphatic heterocycles. The number of nitrogens with one attached hydrogen (secondary N) is 1. The average molecular weight is 366 g/mol. The summed E-state index contributed by atoms with van der Waals surface area (Å²) in [6.07, 6.45) is 0.951. The summed E-state index contributed by atoms with van der Waals surface area (Å²) in [5, 5.41) is 4.84. The Morgan fingerprint density at radius 2 is 1.58 bits per heavy atom. The molecule has 0 spiro atoms. The maximum absolute atomic E-state index is 6.19. The molecular weight excluding hydrogens is 345 g/mol. The van der Waals surface area contributed by atoms with E-state index in [4.69, 9.17) is 32.7 Å². The highest BCUT2D eigenvalue weighted by atomic mass is 35.5. The summed E-state index contributed by atoms with van der Waals surface area (Å²) in [4.78, 5) is 0. The van der Waals surface area contributed by atoms with Gasteiger partial charge in [0.05, 0.1) is 19.3 Å². The first-order valence-electron chi connectivity index (χ1n) is 8.24. The lowest BCUT2D eigenvalue weighted by molar-refractivity contribution is 0.286. The van der Waals surface area contributed by atoms with Crippen LogP contribution in [0.15, 0.2) is 30.3 Å². The van der Waals surface area contributed by atoms with Crippen LogP contribution in [-0.4, -0.2) is 19.8 Å². The lowest BCUT2D eigenvalue weighted by Gasteiger charge is -2.29. The summed E-state index contributed by atoms with van der Waals surface area (Å²) in [6, 6.07) is 9.88. The van der Waals surface area contributed by atoms with Crippen LogP contribution in [0.3, 0.4) is 0 Å². The van der Waals surface area contributed by atoms with E-state index in [1.165, 1.54) is 11.1 Å². The molecule has 128 valence electrons. The second-order valence-electron chi connectivity index (χ2n) is 5.70. The Bertz CT molecular complexity index is 713. The number of fused-ring (bicyclic) bond motifs is 1. The zero-order chi connectivity index (χ0) is 17.1. The zero-order valence-corrected chi connectivity index (χ0v) is 15.4. The fourth-order valence-corrected chi connectivity index (χ4v) is 3.68. The molecule has 0 fully saturated rings. The molecular formula is C19H21Cl2NO2. The Morgan fingerprint density at radius 3 is 2.21 bits per heavy atom. The first-order chi connectivity index (χ1) is 11.6.